The predicted octanol–water partition coefficient (Wildman–Crippen LogP) is 0.269. The van der Waals surface area contributed by atoms with E-state index in [4.69, 9.17) is 11.5 Å². The second kappa shape index (κ2) is 10.4. The van der Waals surface area contributed by atoms with Gasteiger partial charge in [0.05, 0.1) is 0 Å². The molecule has 0 radical (unpaired) electrons. The molecule has 122 valence electrons. The van der Waals surface area contributed by atoms with Crippen molar-refractivity contribution in [2.24, 2.45) is 11.5 Å². The van der Waals surface area contributed by atoms with Gasteiger partial charge in [-0.2, -0.15) is 0 Å². The van der Waals surface area contributed by atoms with Crippen LogP contribution in [0.15, 0.2) is 0 Å². The van der Waals surface area contributed by atoms with Crippen LogP contribution >= 0.6 is 24.8 Å². The molecule has 1 atom stereocenters. The van der Waals surface area contributed by atoms with Crippen molar-refractivity contribution in [3.8, 4) is 0 Å². The molecule has 1 heterocycles. The van der Waals surface area contributed by atoms with E-state index in [9.17, 15) is 19.2 Å². The van der Waals surface area contributed by atoms with Crippen molar-refractivity contribution in [1.29, 1.82) is 0 Å². The van der Waals surface area contributed by atoms with Crippen LogP contribution in [0.1, 0.15) is 44.9 Å². The molecule has 0 saturated carbocycles. The third-order valence-corrected chi connectivity index (χ3v) is 3.13. The van der Waals surface area contributed by atoms with Gasteiger partial charge >= 0.3 is 0 Å². The highest BCUT2D eigenvalue weighted by atomic mass is 35.5. The number of hydrogen-bond acceptors (Lipinski definition) is 4. The summed E-state index contributed by atoms with van der Waals surface area (Å²) in [5.74, 6) is -1.72. The number of carbonyl (C=O) groups is 4. The van der Waals surface area contributed by atoms with Gasteiger partial charge < -0.3 is 11.5 Å². The lowest BCUT2D eigenvalue weighted by molar-refractivity contribution is -0.146. The number of likely N-dealkylation sites (tertiary alicyclic amines) is 1. The quantitative estimate of drug-likeness (QED) is 0.485. The first-order chi connectivity index (χ1) is 8.93. The van der Waals surface area contributed by atoms with Crippen LogP contribution in [0.2, 0.25) is 0 Å². The highest BCUT2D eigenvalue weighted by molar-refractivity contribution is 6.05. The van der Waals surface area contributed by atoms with Gasteiger partial charge in [0.2, 0.25) is 23.6 Å². The number of imide groups is 1. The Labute approximate surface area is 135 Å². The lowest BCUT2D eigenvalue weighted by atomic mass is 10.1. The van der Waals surface area contributed by atoms with Crippen molar-refractivity contribution in [1.82, 2.24) is 4.90 Å². The van der Waals surface area contributed by atoms with Gasteiger partial charge in [-0.25, -0.2) is 0 Å². The molecule has 0 bridgehead atoms. The number of rotatable bonds is 8. The number of nitrogens with two attached hydrogens (primary N) is 2. The lowest BCUT2D eigenvalue weighted by Gasteiger charge is -2.23. The summed E-state index contributed by atoms with van der Waals surface area (Å²) in [7, 11) is 0. The molecular formula is C12H21Cl2N3O4. The molecule has 1 unspecified atom stereocenters. The molecule has 4 amide bonds. The normalized spacial score (nSPS) is 15.1. The molecule has 9 heteroatoms. The predicted molar refractivity (Wildman–Crippen MR) is 80.8 cm³/mol. The Balaban J connectivity index is 0. The topological polar surface area (TPSA) is 124 Å². The van der Waals surface area contributed by atoms with Gasteiger partial charge in [-0.15, -0.1) is 24.8 Å². The van der Waals surface area contributed by atoms with Crippen molar-refractivity contribution in [3.05, 3.63) is 0 Å². The number of nitrogens with zero attached hydrogens (tertiary/aromatic N) is 1. The van der Waals surface area contributed by atoms with Gasteiger partial charge in [-0.05, 0) is 12.8 Å². The lowest BCUT2D eigenvalue weighted by Crippen LogP contribution is -2.47. The molecule has 0 spiro atoms. The third kappa shape index (κ3) is 6.77. The van der Waals surface area contributed by atoms with Crippen LogP contribution in [0, 0.1) is 0 Å². The van der Waals surface area contributed by atoms with Gasteiger partial charge in [0.15, 0.2) is 0 Å². The summed E-state index contributed by atoms with van der Waals surface area (Å²) in [5.41, 5.74) is 10.3. The Hall–Kier alpha value is -1.34. The van der Waals surface area contributed by atoms with Crippen molar-refractivity contribution >= 4 is 48.4 Å². The molecule has 0 aromatic carbocycles. The second-order valence-electron chi connectivity index (χ2n) is 4.64. The number of hydrogen-bond donors (Lipinski definition) is 2. The minimum Gasteiger partial charge on any atom is -0.370 e. The Morgan fingerprint density at radius 2 is 1.52 bits per heavy atom. The van der Waals surface area contributed by atoms with Gasteiger partial charge in [0.1, 0.15) is 6.04 Å². The first-order valence-electron chi connectivity index (χ1n) is 6.36. The molecule has 0 aromatic rings. The molecule has 0 aliphatic carbocycles. The molecule has 7 nitrogen and oxygen atoms in total. The molecule has 1 aliphatic rings. The number of amides is 4. The number of unbranched alkanes of at least 4 members (excludes halogenated alkanes) is 2. The fourth-order valence-electron chi connectivity index (χ4n) is 2.15. The molecule has 1 saturated heterocycles. The van der Waals surface area contributed by atoms with Gasteiger partial charge in [-0.3, -0.25) is 24.1 Å². The molecule has 4 N–H and O–H groups in total. The molecule has 1 fully saturated rings. The molecule has 21 heavy (non-hydrogen) atoms. The summed E-state index contributed by atoms with van der Waals surface area (Å²) in [4.78, 5) is 46.0. The third-order valence-electron chi connectivity index (χ3n) is 3.13. The summed E-state index contributed by atoms with van der Waals surface area (Å²) in [6.07, 6.45) is 2.85. The Morgan fingerprint density at radius 3 is 1.95 bits per heavy atom. The average Bonchev–Trinajstić information content (AvgIpc) is 2.64. The van der Waals surface area contributed by atoms with E-state index in [1.807, 2.05) is 0 Å². The summed E-state index contributed by atoms with van der Waals surface area (Å²) < 4.78 is 0. The highest BCUT2D eigenvalue weighted by Crippen LogP contribution is 2.19. The maximum Gasteiger partial charge on any atom is 0.240 e. The SMILES string of the molecule is Cl.Cl.NC(=O)CCCCCC(C(N)=O)N1C(=O)CCC1=O. The zero-order valence-corrected chi connectivity index (χ0v) is 13.2. The van der Waals surface area contributed by atoms with Crippen molar-refractivity contribution in [3.63, 3.8) is 0 Å². The van der Waals surface area contributed by atoms with Gasteiger partial charge in [0, 0.05) is 19.3 Å². The minimum absolute atomic E-state index is 0. The van der Waals surface area contributed by atoms with Gasteiger partial charge in [-0.1, -0.05) is 12.8 Å². The zero-order valence-electron chi connectivity index (χ0n) is 11.6. The molecule has 1 rings (SSSR count). The van der Waals surface area contributed by atoms with E-state index in [0.29, 0.717) is 32.1 Å². The fourth-order valence-corrected chi connectivity index (χ4v) is 2.15. The fraction of sp³-hybridized carbons (Fsp3) is 0.667. The van der Waals surface area contributed by atoms with Crippen LogP contribution in [-0.4, -0.2) is 34.6 Å². The first kappa shape index (κ1) is 21.9. The maximum absolute atomic E-state index is 11.5. The number of halogens is 2. The van der Waals surface area contributed by atoms with Crippen molar-refractivity contribution in [2.45, 2.75) is 51.0 Å². The Kier molecular flexibility index (Phi) is 10.9. The smallest absolute Gasteiger partial charge is 0.240 e. The Morgan fingerprint density at radius 1 is 1.00 bits per heavy atom. The van der Waals surface area contributed by atoms with Crippen LogP contribution in [0.4, 0.5) is 0 Å². The van der Waals surface area contributed by atoms with E-state index in [2.05, 4.69) is 0 Å². The summed E-state index contributed by atoms with van der Waals surface area (Å²) >= 11 is 0. The minimum atomic E-state index is -0.865. The first-order valence-corrected chi connectivity index (χ1v) is 6.36. The number of primary amides is 2. The van der Waals surface area contributed by atoms with Crippen molar-refractivity contribution in [2.75, 3.05) is 0 Å². The van der Waals surface area contributed by atoms with Crippen LogP contribution in [0.3, 0.4) is 0 Å². The van der Waals surface area contributed by atoms with Crippen LogP contribution in [0.5, 0.6) is 0 Å². The maximum atomic E-state index is 11.5. The van der Waals surface area contributed by atoms with E-state index in [0.717, 1.165) is 4.90 Å². The number of carbonyl (C=O) groups excluding carboxylic acids is 4. The molecule has 0 aromatic heterocycles. The van der Waals surface area contributed by atoms with Crippen LogP contribution in [-0.2, 0) is 19.2 Å². The molecular weight excluding hydrogens is 321 g/mol. The average molecular weight is 342 g/mol. The van der Waals surface area contributed by atoms with Gasteiger partial charge in [0.25, 0.3) is 0 Å². The van der Waals surface area contributed by atoms with Crippen LogP contribution in [0.25, 0.3) is 0 Å². The van der Waals surface area contributed by atoms with E-state index in [1.54, 1.807) is 0 Å². The highest BCUT2D eigenvalue weighted by Gasteiger charge is 2.37. The summed E-state index contributed by atoms with van der Waals surface area (Å²) in [6, 6.07) is -0.865. The summed E-state index contributed by atoms with van der Waals surface area (Å²) in [6.45, 7) is 0. The largest absolute Gasteiger partial charge is 0.370 e. The van der Waals surface area contributed by atoms with Crippen molar-refractivity contribution < 1.29 is 19.2 Å². The monoisotopic (exact) mass is 341 g/mol. The van der Waals surface area contributed by atoms with E-state index >= 15 is 0 Å². The Bertz CT molecular complexity index is 388. The standard InChI is InChI=1S/C12H19N3O4.2ClH/c13-9(16)5-3-1-2-4-8(12(14)19)15-10(17)6-7-11(15)18;;/h8H,1-7H2,(H2,13,16)(H2,14,19);2*1H. The van der Waals surface area contributed by atoms with Crippen LogP contribution < -0.4 is 11.5 Å². The van der Waals surface area contributed by atoms with E-state index in [1.165, 1.54) is 0 Å². The summed E-state index contributed by atoms with van der Waals surface area (Å²) in [5, 5.41) is 0. The second-order valence-corrected chi connectivity index (χ2v) is 4.64. The van der Waals surface area contributed by atoms with E-state index < -0.39 is 11.9 Å². The molecule has 1 aliphatic heterocycles. The van der Waals surface area contributed by atoms with E-state index in [-0.39, 0.29) is 55.4 Å². The zero-order chi connectivity index (χ0) is 14.4.